The van der Waals surface area contributed by atoms with Crippen LogP contribution in [0.4, 0.5) is 0 Å². The van der Waals surface area contributed by atoms with Crippen molar-refractivity contribution in [3.63, 3.8) is 0 Å². The smallest absolute Gasteiger partial charge is 0.0712 e. The quantitative estimate of drug-likeness (QED) is 0.428. The first-order chi connectivity index (χ1) is 5.54. The SMILES string of the molecule is CC(CN)C(O)C(C)C(O)CN. The van der Waals surface area contributed by atoms with E-state index in [1.807, 2.05) is 6.92 Å². The monoisotopic (exact) mass is 176 g/mol. The molecule has 0 fully saturated rings. The molecular formula is C8H20N2O2. The van der Waals surface area contributed by atoms with Crippen LogP contribution in [0, 0.1) is 11.8 Å². The van der Waals surface area contributed by atoms with Crippen molar-refractivity contribution in [2.75, 3.05) is 13.1 Å². The minimum Gasteiger partial charge on any atom is -0.392 e. The van der Waals surface area contributed by atoms with Gasteiger partial charge in [0.1, 0.15) is 0 Å². The van der Waals surface area contributed by atoms with E-state index in [4.69, 9.17) is 11.5 Å². The summed E-state index contributed by atoms with van der Waals surface area (Å²) in [7, 11) is 0. The van der Waals surface area contributed by atoms with Crippen molar-refractivity contribution in [2.45, 2.75) is 26.1 Å². The number of aliphatic hydroxyl groups is 2. The van der Waals surface area contributed by atoms with Crippen molar-refractivity contribution < 1.29 is 10.2 Å². The maximum Gasteiger partial charge on any atom is 0.0712 e. The third-order valence-electron chi connectivity index (χ3n) is 2.34. The van der Waals surface area contributed by atoms with Crippen LogP contribution in [0.3, 0.4) is 0 Å². The molecule has 0 bridgehead atoms. The van der Waals surface area contributed by atoms with Crippen LogP contribution in [-0.4, -0.2) is 35.5 Å². The second-order valence-electron chi connectivity index (χ2n) is 3.37. The summed E-state index contributed by atoms with van der Waals surface area (Å²) in [4.78, 5) is 0. The summed E-state index contributed by atoms with van der Waals surface area (Å²) in [6.07, 6.45) is -1.22. The third-order valence-corrected chi connectivity index (χ3v) is 2.34. The summed E-state index contributed by atoms with van der Waals surface area (Å²) in [6.45, 7) is 4.22. The van der Waals surface area contributed by atoms with Gasteiger partial charge in [0.05, 0.1) is 12.2 Å². The molecular weight excluding hydrogens is 156 g/mol. The Labute approximate surface area is 73.6 Å². The highest BCUT2D eigenvalue weighted by molar-refractivity contribution is 4.77. The van der Waals surface area contributed by atoms with Gasteiger partial charge in [-0.3, -0.25) is 0 Å². The molecule has 0 aliphatic heterocycles. The molecule has 0 aliphatic carbocycles. The molecule has 4 unspecified atom stereocenters. The van der Waals surface area contributed by atoms with E-state index in [0.717, 1.165) is 0 Å². The first-order valence-corrected chi connectivity index (χ1v) is 4.30. The molecule has 4 atom stereocenters. The van der Waals surface area contributed by atoms with Gasteiger partial charge in [0.25, 0.3) is 0 Å². The van der Waals surface area contributed by atoms with Gasteiger partial charge in [0, 0.05) is 12.5 Å². The maximum atomic E-state index is 9.59. The zero-order chi connectivity index (χ0) is 9.72. The van der Waals surface area contributed by atoms with Gasteiger partial charge >= 0.3 is 0 Å². The van der Waals surface area contributed by atoms with Crippen molar-refractivity contribution in [3.05, 3.63) is 0 Å². The summed E-state index contributed by atoms with van der Waals surface area (Å²) in [5.41, 5.74) is 10.6. The number of aliphatic hydroxyl groups excluding tert-OH is 2. The fourth-order valence-corrected chi connectivity index (χ4v) is 1.10. The van der Waals surface area contributed by atoms with E-state index in [9.17, 15) is 10.2 Å². The van der Waals surface area contributed by atoms with Gasteiger partial charge in [-0.05, 0) is 12.5 Å². The highest BCUT2D eigenvalue weighted by Crippen LogP contribution is 2.15. The lowest BCUT2D eigenvalue weighted by Gasteiger charge is -2.26. The first-order valence-electron chi connectivity index (χ1n) is 4.30. The van der Waals surface area contributed by atoms with Crippen LogP contribution in [0.5, 0.6) is 0 Å². The number of nitrogens with two attached hydrogens (primary N) is 2. The van der Waals surface area contributed by atoms with E-state index < -0.39 is 12.2 Å². The second kappa shape index (κ2) is 5.48. The highest BCUT2D eigenvalue weighted by atomic mass is 16.3. The highest BCUT2D eigenvalue weighted by Gasteiger charge is 2.25. The molecule has 0 saturated carbocycles. The summed E-state index contributed by atoms with van der Waals surface area (Å²) in [5, 5.41) is 18.9. The van der Waals surface area contributed by atoms with Crippen LogP contribution < -0.4 is 11.5 Å². The Kier molecular flexibility index (Phi) is 5.41. The number of rotatable bonds is 5. The van der Waals surface area contributed by atoms with Gasteiger partial charge in [-0.1, -0.05) is 13.8 Å². The van der Waals surface area contributed by atoms with Crippen molar-refractivity contribution in [1.82, 2.24) is 0 Å². The Balaban J connectivity index is 3.99. The zero-order valence-corrected chi connectivity index (χ0v) is 7.77. The van der Waals surface area contributed by atoms with Crippen molar-refractivity contribution in [1.29, 1.82) is 0 Å². The molecule has 0 heterocycles. The topological polar surface area (TPSA) is 92.5 Å². The number of hydrogen-bond acceptors (Lipinski definition) is 4. The molecule has 0 radical (unpaired) electrons. The van der Waals surface area contributed by atoms with E-state index in [1.54, 1.807) is 6.92 Å². The molecule has 0 aliphatic rings. The fourth-order valence-electron chi connectivity index (χ4n) is 1.10. The Morgan fingerprint density at radius 2 is 1.58 bits per heavy atom. The minimum absolute atomic E-state index is 0.00111. The predicted octanol–water partition coefficient (Wildman–Crippen LogP) is -1.10. The van der Waals surface area contributed by atoms with Crippen LogP contribution >= 0.6 is 0 Å². The van der Waals surface area contributed by atoms with Crippen molar-refractivity contribution >= 4 is 0 Å². The molecule has 0 spiro atoms. The van der Waals surface area contributed by atoms with Gasteiger partial charge < -0.3 is 21.7 Å². The normalized spacial score (nSPS) is 21.5. The standard InChI is InChI=1S/C8H20N2O2/c1-5(3-9)8(12)6(2)7(11)4-10/h5-8,11-12H,3-4,9-10H2,1-2H3. The second-order valence-corrected chi connectivity index (χ2v) is 3.37. The Morgan fingerprint density at radius 1 is 1.08 bits per heavy atom. The van der Waals surface area contributed by atoms with Crippen LogP contribution in [-0.2, 0) is 0 Å². The van der Waals surface area contributed by atoms with Gasteiger partial charge in [-0.2, -0.15) is 0 Å². The largest absolute Gasteiger partial charge is 0.392 e. The molecule has 0 saturated heterocycles. The fraction of sp³-hybridized carbons (Fsp3) is 1.00. The molecule has 4 heteroatoms. The van der Waals surface area contributed by atoms with E-state index in [1.165, 1.54) is 0 Å². The molecule has 0 rings (SSSR count). The lowest BCUT2D eigenvalue weighted by molar-refractivity contribution is -0.000127. The van der Waals surface area contributed by atoms with Gasteiger partial charge in [0.2, 0.25) is 0 Å². The van der Waals surface area contributed by atoms with Crippen molar-refractivity contribution in [3.8, 4) is 0 Å². The molecule has 0 amide bonds. The third kappa shape index (κ3) is 3.06. The summed E-state index contributed by atoms with van der Waals surface area (Å²) < 4.78 is 0. The summed E-state index contributed by atoms with van der Waals surface area (Å²) in [5.74, 6) is -0.213. The van der Waals surface area contributed by atoms with Crippen LogP contribution in [0.2, 0.25) is 0 Å². The lowest BCUT2D eigenvalue weighted by Crippen LogP contribution is -2.40. The number of hydrogen-bond donors (Lipinski definition) is 4. The Hall–Kier alpha value is -0.160. The van der Waals surface area contributed by atoms with E-state index in [2.05, 4.69) is 0 Å². The van der Waals surface area contributed by atoms with Crippen LogP contribution in [0.25, 0.3) is 0 Å². The van der Waals surface area contributed by atoms with Crippen LogP contribution in [0.1, 0.15) is 13.8 Å². The zero-order valence-electron chi connectivity index (χ0n) is 7.77. The van der Waals surface area contributed by atoms with E-state index >= 15 is 0 Å². The summed E-state index contributed by atoms with van der Waals surface area (Å²) >= 11 is 0. The Bertz CT molecular complexity index is 108. The molecule has 0 aromatic carbocycles. The Morgan fingerprint density at radius 3 is 1.92 bits per heavy atom. The van der Waals surface area contributed by atoms with Gasteiger partial charge in [-0.15, -0.1) is 0 Å². The minimum atomic E-state index is -0.644. The van der Waals surface area contributed by atoms with Crippen LogP contribution in [0.15, 0.2) is 0 Å². The van der Waals surface area contributed by atoms with E-state index in [0.29, 0.717) is 6.54 Å². The first kappa shape index (κ1) is 11.8. The van der Waals surface area contributed by atoms with Gasteiger partial charge in [-0.25, -0.2) is 0 Å². The lowest BCUT2D eigenvalue weighted by atomic mass is 9.89. The molecule has 6 N–H and O–H groups in total. The van der Waals surface area contributed by atoms with Crippen molar-refractivity contribution in [2.24, 2.45) is 23.3 Å². The van der Waals surface area contributed by atoms with Gasteiger partial charge in [0.15, 0.2) is 0 Å². The predicted molar refractivity (Wildman–Crippen MR) is 48.5 cm³/mol. The molecule has 0 aromatic rings. The molecule has 74 valence electrons. The molecule has 0 aromatic heterocycles. The molecule has 12 heavy (non-hydrogen) atoms. The maximum absolute atomic E-state index is 9.59. The average molecular weight is 176 g/mol. The summed E-state index contributed by atoms with van der Waals surface area (Å²) in [6, 6.07) is 0. The van der Waals surface area contributed by atoms with E-state index in [-0.39, 0.29) is 18.4 Å². The average Bonchev–Trinajstić information content (AvgIpc) is 2.12. The molecule has 4 nitrogen and oxygen atoms in total.